The maximum absolute atomic E-state index is 12.1. The molecule has 0 aliphatic carbocycles. The zero-order valence-corrected chi connectivity index (χ0v) is 12.5. The third kappa shape index (κ3) is 5.42. The number of benzene rings is 1. The lowest BCUT2D eigenvalue weighted by atomic mass is 10.1. The third-order valence-corrected chi connectivity index (χ3v) is 4.10. The highest BCUT2D eigenvalue weighted by atomic mass is 32.2. The smallest absolute Gasteiger partial charge is 0.233 e. The van der Waals surface area contributed by atoms with Crippen LogP contribution in [0.15, 0.2) is 23.1 Å². The number of nitrogen functional groups attached to an aromatic ring is 1. The van der Waals surface area contributed by atoms with Crippen LogP contribution in [0.1, 0.15) is 25.8 Å². The molecule has 19 heavy (non-hydrogen) atoms. The molecule has 1 atom stereocenters. The molecular formula is C14H22N2O2S. The SMILES string of the molecule is Cc1ccc(S(=O)CC(=O)NCCC(C)C)c(N)c1. The van der Waals surface area contributed by atoms with E-state index in [2.05, 4.69) is 19.2 Å². The van der Waals surface area contributed by atoms with Crippen molar-refractivity contribution in [3.05, 3.63) is 23.8 Å². The molecule has 0 aliphatic heterocycles. The summed E-state index contributed by atoms with van der Waals surface area (Å²) in [6.07, 6.45) is 0.922. The van der Waals surface area contributed by atoms with Crippen LogP contribution in [0.2, 0.25) is 0 Å². The van der Waals surface area contributed by atoms with Gasteiger partial charge in [-0.15, -0.1) is 0 Å². The van der Waals surface area contributed by atoms with Crippen LogP contribution in [0, 0.1) is 12.8 Å². The Balaban J connectivity index is 2.52. The van der Waals surface area contributed by atoms with Crippen molar-refractivity contribution in [2.75, 3.05) is 18.0 Å². The predicted octanol–water partition coefficient (Wildman–Crippen LogP) is 1.85. The summed E-state index contributed by atoms with van der Waals surface area (Å²) in [7, 11) is -1.38. The summed E-state index contributed by atoms with van der Waals surface area (Å²) in [6.45, 7) is 6.73. The van der Waals surface area contributed by atoms with Gasteiger partial charge in [-0.2, -0.15) is 0 Å². The van der Waals surface area contributed by atoms with E-state index < -0.39 is 10.8 Å². The molecule has 3 N–H and O–H groups in total. The molecule has 0 aliphatic rings. The molecule has 5 heteroatoms. The van der Waals surface area contributed by atoms with Crippen molar-refractivity contribution in [2.45, 2.75) is 32.1 Å². The van der Waals surface area contributed by atoms with E-state index in [1.807, 2.05) is 13.0 Å². The summed E-state index contributed by atoms with van der Waals surface area (Å²) in [5.41, 5.74) is 7.31. The van der Waals surface area contributed by atoms with Gasteiger partial charge in [-0.1, -0.05) is 19.9 Å². The number of hydrogen-bond donors (Lipinski definition) is 2. The number of hydrogen-bond acceptors (Lipinski definition) is 3. The minimum Gasteiger partial charge on any atom is -0.398 e. The molecule has 0 fully saturated rings. The molecule has 0 heterocycles. The summed E-state index contributed by atoms with van der Waals surface area (Å²) in [5, 5.41) is 2.77. The van der Waals surface area contributed by atoms with E-state index in [0.717, 1.165) is 12.0 Å². The van der Waals surface area contributed by atoms with Crippen molar-refractivity contribution >= 4 is 22.4 Å². The lowest BCUT2D eigenvalue weighted by Gasteiger charge is -2.08. The van der Waals surface area contributed by atoms with Gasteiger partial charge < -0.3 is 11.1 Å². The number of amides is 1. The predicted molar refractivity (Wildman–Crippen MR) is 79.3 cm³/mol. The Morgan fingerprint density at radius 2 is 2.11 bits per heavy atom. The van der Waals surface area contributed by atoms with E-state index in [1.54, 1.807) is 12.1 Å². The topological polar surface area (TPSA) is 72.2 Å². The number of carbonyl (C=O) groups excluding carboxylic acids is 1. The van der Waals surface area contributed by atoms with E-state index in [0.29, 0.717) is 23.0 Å². The second-order valence-electron chi connectivity index (χ2n) is 5.06. The van der Waals surface area contributed by atoms with E-state index in [1.165, 1.54) is 0 Å². The molecule has 0 radical (unpaired) electrons. The highest BCUT2D eigenvalue weighted by Crippen LogP contribution is 2.17. The highest BCUT2D eigenvalue weighted by Gasteiger charge is 2.12. The van der Waals surface area contributed by atoms with Crippen molar-refractivity contribution in [3.63, 3.8) is 0 Å². The molecule has 106 valence electrons. The van der Waals surface area contributed by atoms with Crippen LogP contribution in [-0.2, 0) is 15.6 Å². The summed E-state index contributed by atoms with van der Waals surface area (Å²) in [4.78, 5) is 12.2. The molecule has 1 rings (SSSR count). The van der Waals surface area contributed by atoms with Gasteiger partial charge in [0.2, 0.25) is 5.91 Å². The molecule has 0 aromatic heterocycles. The highest BCUT2D eigenvalue weighted by molar-refractivity contribution is 7.86. The fraction of sp³-hybridized carbons (Fsp3) is 0.500. The van der Waals surface area contributed by atoms with Gasteiger partial charge in [-0.25, -0.2) is 0 Å². The van der Waals surface area contributed by atoms with Crippen LogP contribution in [0.25, 0.3) is 0 Å². The van der Waals surface area contributed by atoms with Gasteiger partial charge in [0.15, 0.2) is 0 Å². The minimum absolute atomic E-state index is 0.0364. The van der Waals surface area contributed by atoms with Crippen LogP contribution in [0.4, 0.5) is 5.69 Å². The summed E-state index contributed by atoms with van der Waals surface area (Å²) < 4.78 is 12.1. The first-order valence-corrected chi connectivity index (χ1v) is 7.73. The zero-order chi connectivity index (χ0) is 14.4. The molecule has 1 amide bonds. The number of carbonyl (C=O) groups is 1. The number of nitrogens with one attached hydrogen (secondary N) is 1. The van der Waals surface area contributed by atoms with E-state index in [4.69, 9.17) is 5.73 Å². The van der Waals surface area contributed by atoms with Gasteiger partial charge in [0.25, 0.3) is 0 Å². The van der Waals surface area contributed by atoms with E-state index in [9.17, 15) is 9.00 Å². The normalized spacial score (nSPS) is 12.4. The Kier molecular flexibility index (Phi) is 6.02. The fourth-order valence-corrected chi connectivity index (χ4v) is 2.66. The zero-order valence-electron chi connectivity index (χ0n) is 11.7. The molecule has 1 aromatic rings. The van der Waals surface area contributed by atoms with E-state index >= 15 is 0 Å². The standard InChI is InChI=1S/C14H22N2O2S/c1-10(2)6-7-16-14(17)9-19(18)13-5-4-11(3)8-12(13)15/h4-5,8,10H,6-7,9,15H2,1-3H3,(H,16,17). The van der Waals surface area contributed by atoms with Crippen molar-refractivity contribution < 1.29 is 9.00 Å². The molecule has 0 saturated heterocycles. The quantitative estimate of drug-likeness (QED) is 0.782. The maximum atomic E-state index is 12.1. The Bertz CT molecular complexity index is 473. The number of rotatable bonds is 6. The summed E-state index contributed by atoms with van der Waals surface area (Å²) in [6, 6.07) is 5.34. The van der Waals surface area contributed by atoms with Crippen molar-refractivity contribution in [1.29, 1.82) is 0 Å². The molecule has 0 spiro atoms. The average Bonchev–Trinajstić information content (AvgIpc) is 2.27. The van der Waals surface area contributed by atoms with E-state index in [-0.39, 0.29) is 11.7 Å². The largest absolute Gasteiger partial charge is 0.398 e. The van der Waals surface area contributed by atoms with Crippen LogP contribution in [-0.4, -0.2) is 22.4 Å². The first-order chi connectivity index (χ1) is 8.90. The number of aryl methyl sites for hydroxylation is 1. The number of anilines is 1. The molecular weight excluding hydrogens is 260 g/mol. The van der Waals surface area contributed by atoms with Crippen LogP contribution < -0.4 is 11.1 Å². The van der Waals surface area contributed by atoms with Crippen molar-refractivity contribution in [1.82, 2.24) is 5.32 Å². The van der Waals surface area contributed by atoms with Gasteiger partial charge in [0, 0.05) is 12.2 Å². The summed E-state index contributed by atoms with van der Waals surface area (Å²) >= 11 is 0. The molecule has 0 saturated carbocycles. The Hall–Kier alpha value is -1.36. The van der Waals surface area contributed by atoms with Crippen LogP contribution in [0.5, 0.6) is 0 Å². The Labute approximate surface area is 117 Å². The fourth-order valence-electron chi connectivity index (χ4n) is 1.62. The molecule has 1 unspecified atom stereocenters. The van der Waals surface area contributed by atoms with Crippen molar-refractivity contribution in [3.8, 4) is 0 Å². The van der Waals surface area contributed by atoms with Crippen LogP contribution >= 0.6 is 0 Å². The van der Waals surface area contributed by atoms with Gasteiger partial charge >= 0.3 is 0 Å². The average molecular weight is 282 g/mol. The Morgan fingerprint density at radius 1 is 1.42 bits per heavy atom. The van der Waals surface area contributed by atoms with Crippen molar-refractivity contribution in [2.24, 2.45) is 5.92 Å². The number of nitrogens with two attached hydrogens (primary N) is 1. The summed E-state index contributed by atoms with van der Waals surface area (Å²) in [5.74, 6) is 0.309. The second kappa shape index (κ2) is 7.28. The van der Waals surface area contributed by atoms with Gasteiger partial charge in [-0.05, 0) is 37.0 Å². The second-order valence-corrected chi connectivity index (χ2v) is 6.48. The van der Waals surface area contributed by atoms with Gasteiger partial charge in [-0.3, -0.25) is 9.00 Å². The van der Waals surface area contributed by atoms with Crippen LogP contribution in [0.3, 0.4) is 0 Å². The Morgan fingerprint density at radius 3 is 2.68 bits per heavy atom. The molecule has 1 aromatic carbocycles. The lowest BCUT2D eigenvalue weighted by Crippen LogP contribution is -2.29. The maximum Gasteiger partial charge on any atom is 0.233 e. The first kappa shape index (κ1) is 15.7. The molecule has 0 bridgehead atoms. The first-order valence-electron chi connectivity index (χ1n) is 6.41. The van der Waals surface area contributed by atoms with Gasteiger partial charge in [0.1, 0.15) is 5.75 Å². The molecule has 4 nitrogen and oxygen atoms in total. The minimum atomic E-state index is -1.38. The third-order valence-electron chi connectivity index (χ3n) is 2.72. The lowest BCUT2D eigenvalue weighted by molar-refractivity contribution is -0.118. The van der Waals surface area contributed by atoms with Gasteiger partial charge in [0.05, 0.1) is 15.7 Å². The monoisotopic (exact) mass is 282 g/mol.